The largest absolute Gasteiger partial charge is 0.165 e. The molecule has 0 nitrogen and oxygen atoms in total. The zero-order chi connectivity index (χ0) is 14.0. The zero-order valence-electron chi connectivity index (χ0n) is 12.3. The van der Waals surface area contributed by atoms with Crippen LogP contribution in [0.25, 0.3) is 0 Å². The minimum absolute atomic E-state index is 0.297. The minimum Gasteiger partial charge on any atom is -0.0654 e. The Morgan fingerprint density at radius 1 is 0.750 bits per heavy atom. The van der Waals surface area contributed by atoms with E-state index in [1.165, 1.54) is 42.7 Å². The summed E-state index contributed by atoms with van der Waals surface area (Å²) in [7, 11) is -0.297. The molecule has 0 aliphatic carbocycles. The van der Waals surface area contributed by atoms with Gasteiger partial charge in [-0.15, -0.1) is 0 Å². The normalized spacial score (nSPS) is 10.2. The van der Waals surface area contributed by atoms with Crippen LogP contribution >= 0.6 is 7.55 Å². The highest BCUT2D eigenvalue weighted by atomic mass is 31.1. The van der Waals surface area contributed by atoms with Crippen LogP contribution in [0.3, 0.4) is 0 Å². The van der Waals surface area contributed by atoms with Gasteiger partial charge in [-0.1, -0.05) is 62.6 Å². The Balaban J connectivity index is 2.15. The first-order chi connectivity index (χ1) is 9.92. The summed E-state index contributed by atoms with van der Waals surface area (Å²) in [5, 5.41) is 2.92. The van der Waals surface area contributed by atoms with Crippen LogP contribution in [0.15, 0.2) is 60.7 Å². The fourth-order valence-corrected chi connectivity index (χ4v) is 4.48. The zero-order valence-corrected chi connectivity index (χ0v) is 13.2. The quantitative estimate of drug-likeness (QED) is 0.501. The van der Waals surface area contributed by atoms with Crippen molar-refractivity contribution in [2.45, 2.75) is 39.0 Å². The predicted octanol–water partition coefficient (Wildman–Crippen LogP) is 4.89. The molecule has 0 N–H and O–H groups in total. The molecular weight excluding hydrogens is 259 g/mol. The van der Waals surface area contributed by atoms with Gasteiger partial charge in [-0.3, -0.25) is 0 Å². The second kappa shape index (κ2) is 8.72. The van der Waals surface area contributed by atoms with E-state index in [9.17, 15) is 0 Å². The lowest BCUT2D eigenvalue weighted by molar-refractivity contribution is 0.687. The average molecular weight is 283 g/mol. The summed E-state index contributed by atoms with van der Waals surface area (Å²) in [6, 6.07) is 21.9. The number of unbranched alkanes of at least 4 members (excludes halogenated alkanes) is 4. The van der Waals surface area contributed by atoms with E-state index in [0.717, 1.165) is 0 Å². The van der Waals surface area contributed by atoms with E-state index in [-0.39, 0.29) is 7.55 Å². The Morgan fingerprint density at radius 3 is 1.80 bits per heavy atom. The molecule has 0 aliphatic rings. The van der Waals surface area contributed by atoms with Gasteiger partial charge in [0.05, 0.1) is 5.80 Å². The van der Waals surface area contributed by atoms with Crippen LogP contribution in [0.4, 0.5) is 0 Å². The molecule has 0 fully saturated rings. The first-order valence-electron chi connectivity index (χ1n) is 7.64. The molecule has 0 amide bonds. The summed E-state index contributed by atoms with van der Waals surface area (Å²) in [5.74, 6) is 2.55. The van der Waals surface area contributed by atoms with Crippen molar-refractivity contribution >= 4 is 24.0 Å². The monoisotopic (exact) mass is 283 g/mol. The first kappa shape index (κ1) is 15.0. The van der Waals surface area contributed by atoms with Crippen LogP contribution in [0, 0.1) is 0 Å². The van der Waals surface area contributed by atoms with Crippen molar-refractivity contribution in [2.24, 2.45) is 0 Å². The lowest BCUT2D eigenvalue weighted by Gasteiger charge is -1.98. The Morgan fingerprint density at radius 2 is 1.30 bits per heavy atom. The Hall–Kier alpha value is -1.39. The van der Waals surface area contributed by atoms with Gasteiger partial charge in [0.15, 0.2) is 18.2 Å². The lowest BCUT2D eigenvalue weighted by atomic mass is 10.2. The lowest BCUT2D eigenvalue weighted by Crippen LogP contribution is -2.07. The maximum atomic E-state index is 2.55. The maximum Gasteiger partial charge on any atom is 0.165 e. The molecule has 0 spiro atoms. The van der Waals surface area contributed by atoms with Crippen LogP contribution in [0.5, 0.6) is 0 Å². The van der Waals surface area contributed by atoms with Gasteiger partial charge in [0.1, 0.15) is 0 Å². The molecule has 0 aromatic heterocycles. The van der Waals surface area contributed by atoms with E-state index in [1.807, 2.05) is 0 Å². The highest BCUT2D eigenvalue weighted by Gasteiger charge is 2.16. The predicted molar refractivity (Wildman–Crippen MR) is 93.9 cm³/mol. The molecule has 0 radical (unpaired) electrons. The van der Waals surface area contributed by atoms with Crippen LogP contribution in [-0.4, -0.2) is 5.80 Å². The first-order valence-corrected chi connectivity index (χ1v) is 9.05. The van der Waals surface area contributed by atoms with Crippen molar-refractivity contribution < 1.29 is 0 Å². The Bertz CT molecular complexity index is 472. The second-order valence-electron chi connectivity index (χ2n) is 5.07. The summed E-state index contributed by atoms with van der Waals surface area (Å²) in [6.45, 7) is 2.27. The Labute approximate surface area is 124 Å². The standard InChI is InChI=1S/C19H24P/c1-2-3-4-5-12-17-20(18-13-8-6-9-14-18)19-15-10-7-11-16-19/h6-11,13-17H,2-5,12H2,1H3/q+1. The van der Waals surface area contributed by atoms with E-state index < -0.39 is 0 Å². The van der Waals surface area contributed by atoms with E-state index in [0.29, 0.717) is 0 Å². The van der Waals surface area contributed by atoms with E-state index in [4.69, 9.17) is 0 Å². The van der Waals surface area contributed by atoms with Crippen molar-refractivity contribution in [3.8, 4) is 0 Å². The number of hydrogen-bond acceptors (Lipinski definition) is 0. The second-order valence-corrected chi connectivity index (χ2v) is 7.21. The molecule has 0 unspecified atom stereocenters. The molecule has 0 saturated carbocycles. The number of rotatable bonds is 7. The number of benzene rings is 2. The highest BCUT2D eigenvalue weighted by molar-refractivity contribution is 7.72. The summed E-state index contributed by atoms with van der Waals surface area (Å²) in [4.78, 5) is 0. The molecule has 0 bridgehead atoms. The van der Waals surface area contributed by atoms with Gasteiger partial charge in [-0.05, 0) is 30.7 Å². The summed E-state index contributed by atoms with van der Waals surface area (Å²) >= 11 is 0. The molecule has 104 valence electrons. The van der Waals surface area contributed by atoms with Crippen molar-refractivity contribution in [3.05, 3.63) is 60.7 Å². The molecule has 0 saturated heterocycles. The van der Waals surface area contributed by atoms with Crippen molar-refractivity contribution in [1.82, 2.24) is 0 Å². The van der Waals surface area contributed by atoms with E-state index >= 15 is 0 Å². The third-order valence-corrected chi connectivity index (χ3v) is 5.77. The van der Waals surface area contributed by atoms with Crippen LogP contribution in [0.1, 0.15) is 39.0 Å². The molecule has 0 atom stereocenters. The van der Waals surface area contributed by atoms with Gasteiger partial charge in [0, 0.05) is 6.42 Å². The molecule has 2 rings (SSSR count). The van der Waals surface area contributed by atoms with Gasteiger partial charge < -0.3 is 0 Å². The summed E-state index contributed by atoms with van der Waals surface area (Å²) in [5.41, 5.74) is 0. The molecule has 0 aliphatic heterocycles. The maximum absolute atomic E-state index is 2.55. The molecule has 2 aromatic carbocycles. The number of hydrogen-bond donors (Lipinski definition) is 0. The van der Waals surface area contributed by atoms with Gasteiger partial charge in [0.2, 0.25) is 0 Å². The van der Waals surface area contributed by atoms with Crippen molar-refractivity contribution in [3.63, 3.8) is 0 Å². The fraction of sp³-hybridized carbons (Fsp3) is 0.316. The van der Waals surface area contributed by atoms with Gasteiger partial charge in [0.25, 0.3) is 0 Å². The minimum atomic E-state index is -0.297. The SMILES string of the molecule is CCCCCCC=[P+](c1ccccc1)c1ccccc1. The van der Waals surface area contributed by atoms with Crippen LogP contribution in [0.2, 0.25) is 0 Å². The van der Waals surface area contributed by atoms with Gasteiger partial charge in [-0.25, -0.2) is 0 Å². The molecule has 1 heteroatoms. The molecular formula is C19H24P+. The highest BCUT2D eigenvalue weighted by Crippen LogP contribution is 2.21. The summed E-state index contributed by atoms with van der Waals surface area (Å²) < 4.78 is 0. The van der Waals surface area contributed by atoms with Crippen LogP contribution in [-0.2, 0) is 0 Å². The van der Waals surface area contributed by atoms with Gasteiger partial charge in [-0.2, -0.15) is 0 Å². The third-order valence-electron chi connectivity index (χ3n) is 3.44. The average Bonchev–Trinajstić information content (AvgIpc) is 2.53. The smallest absolute Gasteiger partial charge is 0.0654 e. The van der Waals surface area contributed by atoms with Gasteiger partial charge >= 0.3 is 0 Å². The molecule has 2 aromatic rings. The fourth-order valence-electron chi connectivity index (χ4n) is 2.33. The van der Waals surface area contributed by atoms with Crippen LogP contribution < -0.4 is 10.6 Å². The van der Waals surface area contributed by atoms with Crippen molar-refractivity contribution in [1.29, 1.82) is 0 Å². The third kappa shape index (κ3) is 4.62. The Kier molecular flexibility index (Phi) is 6.54. The topological polar surface area (TPSA) is 0 Å². The molecule has 0 heterocycles. The van der Waals surface area contributed by atoms with E-state index in [1.54, 1.807) is 0 Å². The van der Waals surface area contributed by atoms with Crippen molar-refractivity contribution in [2.75, 3.05) is 0 Å². The molecule has 20 heavy (non-hydrogen) atoms. The summed E-state index contributed by atoms with van der Waals surface area (Å²) in [6.07, 6.45) is 6.59. The van der Waals surface area contributed by atoms with E-state index in [2.05, 4.69) is 73.4 Å².